The van der Waals surface area contributed by atoms with Crippen LogP contribution in [0.2, 0.25) is 5.02 Å². The van der Waals surface area contributed by atoms with Crippen LogP contribution < -0.4 is 5.32 Å². The van der Waals surface area contributed by atoms with Crippen molar-refractivity contribution in [1.82, 2.24) is 20.3 Å². The molecule has 0 bridgehead atoms. The zero-order chi connectivity index (χ0) is 16.1. The second-order valence-electron chi connectivity index (χ2n) is 4.99. The summed E-state index contributed by atoms with van der Waals surface area (Å²) < 4.78 is 0. The minimum absolute atomic E-state index is 0.108. The number of aromatic amines is 1. The normalized spacial score (nSPS) is 10.5. The Labute approximate surface area is 138 Å². The van der Waals surface area contributed by atoms with Crippen LogP contribution in [0.1, 0.15) is 16.1 Å². The lowest BCUT2D eigenvalue weighted by molar-refractivity contribution is 0.0954. The molecule has 6 heteroatoms. The quantitative estimate of drug-likeness (QED) is 0.757. The van der Waals surface area contributed by atoms with E-state index in [1.54, 1.807) is 43.0 Å². The van der Waals surface area contributed by atoms with Gasteiger partial charge in [0.25, 0.3) is 5.91 Å². The monoisotopic (exact) mass is 326 g/mol. The second-order valence-corrected chi connectivity index (χ2v) is 5.40. The molecule has 0 unspecified atom stereocenters. The van der Waals surface area contributed by atoms with Crippen LogP contribution in [-0.4, -0.2) is 27.4 Å². The van der Waals surface area contributed by atoms with E-state index in [4.69, 9.17) is 11.6 Å². The van der Waals surface area contributed by atoms with Crippen LogP contribution >= 0.6 is 11.6 Å². The van der Waals surface area contributed by atoms with Crippen molar-refractivity contribution in [3.63, 3.8) is 0 Å². The van der Waals surface area contributed by atoms with Gasteiger partial charge in [0.2, 0.25) is 0 Å². The number of carbonyl (C=O) groups excluding carboxylic acids is 1. The lowest BCUT2D eigenvalue weighted by atomic mass is 10.1. The van der Waals surface area contributed by atoms with Crippen LogP contribution in [0.3, 0.4) is 0 Å². The van der Waals surface area contributed by atoms with Gasteiger partial charge in [0.15, 0.2) is 0 Å². The molecule has 2 heterocycles. The third kappa shape index (κ3) is 3.76. The Morgan fingerprint density at radius 1 is 1.22 bits per heavy atom. The molecule has 0 radical (unpaired) electrons. The number of hydrogen-bond acceptors (Lipinski definition) is 3. The zero-order valence-electron chi connectivity index (χ0n) is 12.3. The van der Waals surface area contributed by atoms with E-state index in [2.05, 4.69) is 20.3 Å². The number of aromatic nitrogens is 3. The van der Waals surface area contributed by atoms with Crippen molar-refractivity contribution in [1.29, 1.82) is 0 Å². The van der Waals surface area contributed by atoms with Crippen molar-refractivity contribution in [3.8, 4) is 11.3 Å². The van der Waals surface area contributed by atoms with Crippen LogP contribution in [0, 0.1) is 0 Å². The molecule has 116 valence electrons. The van der Waals surface area contributed by atoms with Gasteiger partial charge in [-0.25, -0.2) is 4.98 Å². The Bertz CT molecular complexity index is 785. The van der Waals surface area contributed by atoms with Crippen LogP contribution in [0.15, 0.2) is 55.1 Å². The van der Waals surface area contributed by atoms with Gasteiger partial charge >= 0.3 is 0 Å². The molecular weight excluding hydrogens is 312 g/mol. The number of halogens is 1. The van der Waals surface area contributed by atoms with Crippen molar-refractivity contribution in [2.45, 2.75) is 6.42 Å². The molecule has 23 heavy (non-hydrogen) atoms. The van der Waals surface area contributed by atoms with E-state index in [0.29, 0.717) is 29.2 Å². The molecule has 0 aliphatic rings. The summed E-state index contributed by atoms with van der Waals surface area (Å²) in [6.07, 6.45) is 5.78. The van der Waals surface area contributed by atoms with E-state index < -0.39 is 0 Å². The first-order valence-electron chi connectivity index (χ1n) is 7.20. The maximum absolute atomic E-state index is 12.1. The number of H-pyrrole nitrogens is 1. The van der Waals surface area contributed by atoms with Gasteiger partial charge in [0.05, 0.1) is 17.0 Å². The molecule has 0 saturated heterocycles. The summed E-state index contributed by atoms with van der Waals surface area (Å²) in [5.74, 6) is -0.108. The molecule has 3 rings (SSSR count). The van der Waals surface area contributed by atoms with Crippen molar-refractivity contribution >= 4 is 17.5 Å². The molecule has 0 saturated carbocycles. The molecule has 0 atom stereocenters. The molecule has 3 aromatic rings. The fraction of sp³-hybridized carbons (Fsp3) is 0.118. The van der Waals surface area contributed by atoms with Crippen molar-refractivity contribution in [2.24, 2.45) is 0 Å². The number of imidazole rings is 1. The number of pyridine rings is 1. The van der Waals surface area contributed by atoms with Crippen LogP contribution in [0.25, 0.3) is 11.3 Å². The largest absolute Gasteiger partial charge is 0.352 e. The predicted molar refractivity (Wildman–Crippen MR) is 89.3 cm³/mol. The third-order valence-corrected chi connectivity index (χ3v) is 3.72. The molecule has 0 aliphatic carbocycles. The first kappa shape index (κ1) is 15.2. The van der Waals surface area contributed by atoms with Crippen LogP contribution in [0.4, 0.5) is 0 Å². The molecule has 5 nitrogen and oxygen atoms in total. The highest BCUT2D eigenvalue weighted by Crippen LogP contribution is 2.25. The van der Waals surface area contributed by atoms with E-state index in [0.717, 1.165) is 11.3 Å². The topological polar surface area (TPSA) is 70.7 Å². The highest BCUT2D eigenvalue weighted by atomic mass is 35.5. The molecule has 2 aromatic heterocycles. The Morgan fingerprint density at radius 2 is 2.04 bits per heavy atom. The van der Waals surface area contributed by atoms with E-state index >= 15 is 0 Å². The summed E-state index contributed by atoms with van der Waals surface area (Å²) in [5.41, 5.74) is 3.18. The molecule has 2 N–H and O–H groups in total. The maximum atomic E-state index is 12.1. The fourth-order valence-electron chi connectivity index (χ4n) is 2.21. The Balaban J connectivity index is 1.62. The lowest BCUT2D eigenvalue weighted by Crippen LogP contribution is -2.25. The molecule has 0 fully saturated rings. The van der Waals surface area contributed by atoms with Gasteiger partial charge in [-0.3, -0.25) is 9.78 Å². The Morgan fingerprint density at radius 3 is 2.74 bits per heavy atom. The summed E-state index contributed by atoms with van der Waals surface area (Å²) in [5, 5.41) is 3.47. The van der Waals surface area contributed by atoms with Gasteiger partial charge in [-0.05, 0) is 24.3 Å². The lowest BCUT2D eigenvalue weighted by Gasteiger charge is -2.06. The van der Waals surface area contributed by atoms with Gasteiger partial charge in [-0.1, -0.05) is 23.7 Å². The smallest absolute Gasteiger partial charge is 0.251 e. The summed E-state index contributed by atoms with van der Waals surface area (Å²) in [7, 11) is 0. The number of rotatable bonds is 5. The number of carbonyl (C=O) groups is 1. The maximum Gasteiger partial charge on any atom is 0.251 e. The second kappa shape index (κ2) is 7.07. The molecule has 1 amide bonds. The summed E-state index contributed by atoms with van der Waals surface area (Å²) in [6, 6.07) is 10.8. The van der Waals surface area contributed by atoms with E-state index in [9.17, 15) is 4.79 Å². The third-order valence-electron chi connectivity index (χ3n) is 3.41. The molecule has 1 aromatic carbocycles. The van der Waals surface area contributed by atoms with Crippen molar-refractivity contribution < 1.29 is 4.79 Å². The number of hydrogen-bond donors (Lipinski definition) is 2. The highest BCUT2D eigenvalue weighted by molar-refractivity contribution is 6.33. The first-order valence-corrected chi connectivity index (χ1v) is 7.58. The summed E-state index contributed by atoms with van der Waals surface area (Å²) >= 11 is 6.13. The minimum atomic E-state index is -0.108. The van der Waals surface area contributed by atoms with E-state index in [1.165, 1.54) is 0 Å². The Hall–Kier alpha value is -2.66. The predicted octanol–water partition coefficient (Wildman–Crippen LogP) is 3.10. The van der Waals surface area contributed by atoms with E-state index in [-0.39, 0.29) is 5.91 Å². The first-order chi connectivity index (χ1) is 11.2. The fourth-order valence-corrected chi connectivity index (χ4v) is 2.44. The highest BCUT2D eigenvalue weighted by Gasteiger charge is 2.08. The summed E-state index contributed by atoms with van der Waals surface area (Å²) in [6.45, 7) is 0.550. The molecular formula is C17H15ClN4O. The SMILES string of the molecule is O=C(NCCc1cnc[nH]1)c1ccc(-c2ncccc2Cl)cc1. The number of nitrogens with one attached hydrogen (secondary N) is 2. The number of nitrogens with zero attached hydrogens (tertiary/aromatic N) is 2. The average molecular weight is 327 g/mol. The van der Waals surface area contributed by atoms with Crippen LogP contribution in [-0.2, 0) is 6.42 Å². The van der Waals surface area contributed by atoms with Gasteiger partial charge in [0.1, 0.15) is 0 Å². The van der Waals surface area contributed by atoms with Gasteiger partial charge in [-0.15, -0.1) is 0 Å². The number of benzene rings is 1. The van der Waals surface area contributed by atoms with Crippen molar-refractivity contribution in [3.05, 3.63) is 71.4 Å². The van der Waals surface area contributed by atoms with Crippen molar-refractivity contribution in [2.75, 3.05) is 6.54 Å². The van der Waals surface area contributed by atoms with E-state index in [1.807, 2.05) is 12.1 Å². The average Bonchev–Trinajstić information content (AvgIpc) is 3.09. The van der Waals surface area contributed by atoms with Gasteiger partial charge < -0.3 is 10.3 Å². The van der Waals surface area contributed by atoms with Gasteiger partial charge in [-0.2, -0.15) is 0 Å². The molecule has 0 spiro atoms. The molecule has 0 aliphatic heterocycles. The standard InChI is InChI=1S/C17H15ClN4O/c18-15-2-1-8-20-16(15)12-3-5-13(6-4-12)17(23)21-9-7-14-10-19-11-22-14/h1-6,8,10-11H,7,9H2,(H,19,22)(H,21,23). The summed E-state index contributed by atoms with van der Waals surface area (Å²) in [4.78, 5) is 23.3. The minimum Gasteiger partial charge on any atom is -0.352 e. The zero-order valence-corrected chi connectivity index (χ0v) is 13.0. The Kier molecular flexibility index (Phi) is 4.68. The van der Waals surface area contributed by atoms with Crippen LogP contribution in [0.5, 0.6) is 0 Å². The number of amides is 1. The van der Waals surface area contributed by atoms with Gasteiger partial charge in [0, 0.05) is 42.2 Å².